The van der Waals surface area contributed by atoms with Gasteiger partial charge in [0.1, 0.15) is 0 Å². The highest BCUT2D eigenvalue weighted by Crippen LogP contribution is 2.23. The molecule has 2 amide bonds. The maximum absolute atomic E-state index is 12.6. The normalized spacial score (nSPS) is 11.7. The van der Waals surface area contributed by atoms with Gasteiger partial charge in [-0.15, -0.1) is 10.2 Å². The van der Waals surface area contributed by atoms with Crippen LogP contribution in [0.2, 0.25) is 5.02 Å². The summed E-state index contributed by atoms with van der Waals surface area (Å²) in [4.78, 5) is 24.9. The molecule has 0 bridgehead atoms. The van der Waals surface area contributed by atoms with Crippen LogP contribution in [0, 0.1) is 6.92 Å². The van der Waals surface area contributed by atoms with Gasteiger partial charge in [-0.25, -0.2) is 0 Å². The number of hydrogen-bond acceptors (Lipinski definition) is 5. The van der Waals surface area contributed by atoms with Crippen LogP contribution < -0.4 is 10.6 Å². The van der Waals surface area contributed by atoms with Crippen molar-refractivity contribution in [1.82, 2.24) is 20.1 Å². The first kappa shape index (κ1) is 22.8. The Morgan fingerprint density at radius 1 is 1.13 bits per heavy atom. The van der Waals surface area contributed by atoms with Crippen LogP contribution in [0.3, 0.4) is 0 Å². The van der Waals surface area contributed by atoms with Crippen molar-refractivity contribution < 1.29 is 9.59 Å². The second kappa shape index (κ2) is 10.5. The van der Waals surface area contributed by atoms with E-state index in [9.17, 15) is 9.59 Å². The van der Waals surface area contributed by atoms with Crippen LogP contribution in [-0.4, -0.2) is 32.3 Å². The van der Waals surface area contributed by atoms with Crippen molar-refractivity contribution in [2.45, 2.75) is 38.5 Å². The third-order valence-electron chi connectivity index (χ3n) is 4.67. The molecule has 1 atom stereocenters. The fraction of sp³-hybridized carbons (Fsp3) is 0.273. The minimum atomic E-state index is -0.342. The van der Waals surface area contributed by atoms with Gasteiger partial charge >= 0.3 is 0 Å². The van der Waals surface area contributed by atoms with Crippen molar-refractivity contribution in [3.05, 3.63) is 70.5 Å². The number of anilines is 1. The lowest BCUT2D eigenvalue weighted by Crippen LogP contribution is -2.29. The zero-order valence-electron chi connectivity index (χ0n) is 17.6. The molecule has 0 unspecified atom stereocenters. The molecule has 0 spiro atoms. The molecule has 0 radical (unpaired) electrons. The van der Waals surface area contributed by atoms with E-state index < -0.39 is 0 Å². The molecule has 0 aliphatic heterocycles. The number of aromatic nitrogens is 3. The Labute approximate surface area is 190 Å². The molecule has 162 valence electrons. The van der Waals surface area contributed by atoms with Crippen molar-refractivity contribution in [3.8, 4) is 0 Å². The van der Waals surface area contributed by atoms with Crippen molar-refractivity contribution >= 4 is 40.9 Å². The van der Waals surface area contributed by atoms with Gasteiger partial charge < -0.3 is 15.2 Å². The maximum atomic E-state index is 12.6. The number of halogens is 1. The zero-order valence-corrected chi connectivity index (χ0v) is 19.1. The summed E-state index contributed by atoms with van der Waals surface area (Å²) >= 11 is 7.37. The summed E-state index contributed by atoms with van der Waals surface area (Å²) in [6.45, 7) is 6.35. The average molecular weight is 458 g/mol. The van der Waals surface area contributed by atoms with Gasteiger partial charge in [-0.3, -0.25) is 9.59 Å². The van der Waals surface area contributed by atoms with Gasteiger partial charge in [-0.2, -0.15) is 0 Å². The molecule has 31 heavy (non-hydrogen) atoms. The number of carbonyl (C=O) groups is 2. The number of nitrogens with zero attached hydrogens (tertiary/aromatic N) is 3. The standard InChI is InChI=1S/C22H24ClN5O2S/c1-4-28-20(15(3)24-21(30)16-10-6-5-9-14(16)2)26-27-22(28)31-13-19(29)25-18-12-8-7-11-17(18)23/h5-12,15H,4,13H2,1-3H3,(H,24,30)(H,25,29)/t15-/m1/s1. The molecule has 0 saturated heterocycles. The van der Waals surface area contributed by atoms with Gasteiger partial charge in [-0.1, -0.05) is 53.7 Å². The fourth-order valence-corrected chi connectivity index (χ4v) is 4.06. The molecule has 7 nitrogen and oxygen atoms in total. The zero-order chi connectivity index (χ0) is 22.4. The van der Waals surface area contributed by atoms with Gasteiger partial charge in [0.2, 0.25) is 5.91 Å². The third-order valence-corrected chi connectivity index (χ3v) is 5.96. The van der Waals surface area contributed by atoms with Crippen LogP contribution in [0.15, 0.2) is 53.7 Å². The Morgan fingerprint density at radius 3 is 2.55 bits per heavy atom. The molecule has 0 saturated carbocycles. The molecule has 0 fully saturated rings. The maximum Gasteiger partial charge on any atom is 0.252 e. The fourth-order valence-electron chi connectivity index (χ4n) is 3.07. The molecule has 0 aliphatic rings. The second-order valence-corrected chi connectivity index (χ2v) is 8.26. The largest absolute Gasteiger partial charge is 0.342 e. The Balaban J connectivity index is 1.64. The molecular weight excluding hydrogens is 434 g/mol. The van der Waals surface area contributed by atoms with Crippen LogP contribution >= 0.6 is 23.4 Å². The van der Waals surface area contributed by atoms with Crippen LogP contribution in [0.5, 0.6) is 0 Å². The Hall–Kier alpha value is -2.84. The van der Waals surface area contributed by atoms with E-state index in [0.717, 1.165) is 5.56 Å². The summed E-state index contributed by atoms with van der Waals surface area (Å²) in [7, 11) is 0. The van der Waals surface area contributed by atoms with Crippen molar-refractivity contribution in [2.75, 3.05) is 11.1 Å². The van der Waals surface area contributed by atoms with Crippen molar-refractivity contribution in [3.63, 3.8) is 0 Å². The highest BCUT2D eigenvalue weighted by molar-refractivity contribution is 7.99. The Bertz CT molecular complexity index is 1090. The number of para-hydroxylation sites is 1. The van der Waals surface area contributed by atoms with Crippen molar-refractivity contribution in [1.29, 1.82) is 0 Å². The van der Waals surface area contributed by atoms with Gasteiger partial charge in [0.15, 0.2) is 11.0 Å². The van der Waals surface area contributed by atoms with Crippen LogP contribution in [0.1, 0.15) is 41.6 Å². The first-order chi connectivity index (χ1) is 14.9. The van der Waals surface area contributed by atoms with Crippen LogP contribution in [-0.2, 0) is 11.3 Å². The molecule has 2 aromatic carbocycles. The molecule has 1 aromatic heterocycles. The number of hydrogen-bond donors (Lipinski definition) is 2. The second-order valence-electron chi connectivity index (χ2n) is 6.91. The van der Waals surface area contributed by atoms with Crippen molar-refractivity contribution in [2.24, 2.45) is 0 Å². The SMILES string of the molecule is CCn1c(SCC(=O)Nc2ccccc2Cl)nnc1[C@@H](C)NC(=O)c1ccccc1C. The summed E-state index contributed by atoms with van der Waals surface area (Å²) in [6.07, 6.45) is 0. The van der Waals surface area contributed by atoms with E-state index in [2.05, 4.69) is 20.8 Å². The number of thioether (sulfide) groups is 1. The quantitative estimate of drug-likeness (QED) is 0.487. The Morgan fingerprint density at radius 2 is 1.84 bits per heavy atom. The lowest BCUT2D eigenvalue weighted by Gasteiger charge is -2.16. The predicted molar refractivity (Wildman–Crippen MR) is 124 cm³/mol. The number of benzene rings is 2. The highest BCUT2D eigenvalue weighted by atomic mass is 35.5. The van der Waals surface area contributed by atoms with E-state index in [4.69, 9.17) is 11.6 Å². The van der Waals surface area contributed by atoms with E-state index in [-0.39, 0.29) is 23.6 Å². The first-order valence-electron chi connectivity index (χ1n) is 9.87. The number of aryl methyl sites for hydroxylation is 1. The van der Waals surface area contributed by atoms with Gasteiger partial charge in [-0.05, 0) is 44.5 Å². The summed E-state index contributed by atoms with van der Waals surface area (Å²) in [5.41, 5.74) is 2.10. The molecule has 9 heteroatoms. The van der Waals surface area contributed by atoms with Gasteiger partial charge in [0.25, 0.3) is 5.91 Å². The van der Waals surface area contributed by atoms with E-state index >= 15 is 0 Å². The van der Waals surface area contributed by atoms with E-state index in [1.54, 1.807) is 30.3 Å². The smallest absolute Gasteiger partial charge is 0.252 e. The lowest BCUT2D eigenvalue weighted by molar-refractivity contribution is -0.113. The molecule has 1 heterocycles. The van der Waals surface area contributed by atoms with Crippen LogP contribution in [0.4, 0.5) is 5.69 Å². The summed E-state index contributed by atoms with van der Waals surface area (Å²) in [5.74, 6) is 0.446. The van der Waals surface area contributed by atoms with Gasteiger partial charge in [0.05, 0.1) is 22.5 Å². The van der Waals surface area contributed by atoms with E-state index in [0.29, 0.717) is 33.8 Å². The predicted octanol–water partition coefficient (Wildman–Crippen LogP) is 4.48. The lowest BCUT2D eigenvalue weighted by atomic mass is 10.1. The number of nitrogens with one attached hydrogen (secondary N) is 2. The summed E-state index contributed by atoms with van der Waals surface area (Å²) in [5, 5.41) is 15.3. The van der Waals surface area contributed by atoms with Gasteiger partial charge in [0, 0.05) is 12.1 Å². The minimum Gasteiger partial charge on any atom is -0.342 e. The van der Waals surface area contributed by atoms with E-state index in [1.165, 1.54) is 11.8 Å². The monoisotopic (exact) mass is 457 g/mol. The summed E-state index contributed by atoms with van der Waals surface area (Å²) in [6, 6.07) is 14.2. The summed E-state index contributed by atoms with van der Waals surface area (Å²) < 4.78 is 1.90. The topological polar surface area (TPSA) is 88.9 Å². The van der Waals surface area contributed by atoms with E-state index in [1.807, 2.05) is 43.5 Å². The molecule has 3 rings (SSSR count). The number of rotatable bonds is 8. The molecule has 0 aliphatic carbocycles. The first-order valence-corrected chi connectivity index (χ1v) is 11.2. The Kier molecular flexibility index (Phi) is 7.70. The molecule has 3 aromatic rings. The third kappa shape index (κ3) is 5.65. The average Bonchev–Trinajstić information content (AvgIpc) is 3.17. The minimum absolute atomic E-state index is 0.160. The molecular formula is C22H24ClN5O2S. The number of carbonyl (C=O) groups excluding carboxylic acids is 2. The number of amides is 2. The van der Waals surface area contributed by atoms with Crippen LogP contribution in [0.25, 0.3) is 0 Å². The molecule has 2 N–H and O–H groups in total. The highest BCUT2D eigenvalue weighted by Gasteiger charge is 2.20.